The van der Waals surface area contributed by atoms with Gasteiger partial charge >= 0.3 is 0 Å². The second kappa shape index (κ2) is 8.09. The Labute approximate surface area is 127 Å². The van der Waals surface area contributed by atoms with Gasteiger partial charge in [-0.3, -0.25) is 0 Å². The van der Waals surface area contributed by atoms with Crippen LogP contribution in [0.5, 0.6) is 5.75 Å². The van der Waals surface area contributed by atoms with Crippen LogP contribution in [-0.2, 0) is 11.3 Å². The molecule has 0 bridgehead atoms. The molecule has 1 aromatic carbocycles. The second-order valence-electron chi connectivity index (χ2n) is 4.01. The number of hydrogen-bond donors (Lipinski definition) is 1. The van der Waals surface area contributed by atoms with Crippen molar-refractivity contribution in [2.75, 3.05) is 25.1 Å². The van der Waals surface area contributed by atoms with Gasteiger partial charge in [-0.05, 0) is 19.1 Å². The zero-order chi connectivity index (χ0) is 14.2. The maximum absolute atomic E-state index is 5.80. The highest BCUT2D eigenvalue weighted by molar-refractivity contribution is 7.15. The average Bonchev–Trinajstić information content (AvgIpc) is 2.88. The van der Waals surface area contributed by atoms with Crippen molar-refractivity contribution in [1.29, 1.82) is 0 Å². The molecule has 1 aromatic heterocycles. The first-order valence-electron chi connectivity index (χ1n) is 6.42. The first-order valence-corrected chi connectivity index (χ1v) is 7.62. The van der Waals surface area contributed by atoms with Crippen LogP contribution in [0.4, 0.5) is 5.69 Å². The standard InChI is InChI=1S/C14H17ClN2O2S/c1-2-18-6-7-19-12-5-3-4-11(8-12)16-9-13-10-17-14(15)20-13/h3-5,8,10,16H,2,6-7,9H2,1H3. The van der Waals surface area contributed by atoms with Crippen LogP contribution in [0.25, 0.3) is 0 Å². The highest BCUT2D eigenvalue weighted by atomic mass is 35.5. The topological polar surface area (TPSA) is 43.4 Å². The van der Waals surface area contributed by atoms with E-state index in [9.17, 15) is 0 Å². The molecular formula is C14H17ClN2O2S. The van der Waals surface area contributed by atoms with Crippen molar-refractivity contribution in [1.82, 2.24) is 4.98 Å². The summed E-state index contributed by atoms with van der Waals surface area (Å²) in [7, 11) is 0. The molecule has 0 atom stereocenters. The first-order chi connectivity index (χ1) is 9.78. The largest absolute Gasteiger partial charge is 0.491 e. The molecule has 2 rings (SSSR count). The Hall–Kier alpha value is -1.30. The lowest BCUT2D eigenvalue weighted by molar-refractivity contribution is 0.110. The van der Waals surface area contributed by atoms with Gasteiger partial charge < -0.3 is 14.8 Å². The SMILES string of the molecule is CCOCCOc1cccc(NCc2cnc(Cl)s2)c1. The van der Waals surface area contributed by atoms with Crippen molar-refractivity contribution in [3.63, 3.8) is 0 Å². The summed E-state index contributed by atoms with van der Waals surface area (Å²) in [6.07, 6.45) is 1.78. The molecule has 2 aromatic rings. The lowest BCUT2D eigenvalue weighted by atomic mass is 10.3. The predicted molar refractivity (Wildman–Crippen MR) is 82.9 cm³/mol. The summed E-state index contributed by atoms with van der Waals surface area (Å²) in [5.74, 6) is 0.831. The molecule has 4 nitrogen and oxygen atoms in total. The third-order valence-corrected chi connectivity index (χ3v) is 3.64. The third-order valence-electron chi connectivity index (χ3n) is 2.53. The molecule has 0 saturated heterocycles. The molecule has 1 heterocycles. The van der Waals surface area contributed by atoms with Gasteiger partial charge in [0.2, 0.25) is 0 Å². The van der Waals surface area contributed by atoms with E-state index in [1.807, 2.05) is 31.2 Å². The fourth-order valence-electron chi connectivity index (χ4n) is 1.61. The third kappa shape index (κ3) is 5.00. The van der Waals surface area contributed by atoms with E-state index in [1.165, 1.54) is 11.3 Å². The van der Waals surface area contributed by atoms with Gasteiger partial charge in [0.15, 0.2) is 4.47 Å². The van der Waals surface area contributed by atoms with Gasteiger partial charge in [0.25, 0.3) is 0 Å². The van der Waals surface area contributed by atoms with Crippen LogP contribution < -0.4 is 10.1 Å². The number of halogens is 1. The van der Waals surface area contributed by atoms with Crippen LogP contribution in [0.2, 0.25) is 4.47 Å². The Bertz CT molecular complexity index is 533. The molecule has 20 heavy (non-hydrogen) atoms. The molecule has 0 aliphatic carbocycles. The molecule has 0 amide bonds. The van der Waals surface area contributed by atoms with Crippen molar-refractivity contribution in [3.8, 4) is 5.75 Å². The van der Waals surface area contributed by atoms with Gasteiger partial charge in [-0.25, -0.2) is 4.98 Å². The lowest BCUT2D eigenvalue weighted by Gasteiger charge is -2.09. The van der Waals surface area contributed by atoms with Gasteiger partial charge in [-0.15, -0.1) is 11.3 Å². The molecule has 0 saturated carbocycles. The minimum atomic E-state index is 0.557. The summed E-state index contributed by atoms with van der Waals surface area (Å²) in [6.45, 7) is 4.54. The lowest BCUT2D eigenvalue weighted by Crippen LogP contribution is -2.06. The molecule has 0 radical (unpaired) electrons. The predicted octanol–water partition coefficient (Wildman–Crippen LogP) is 3.82. The van der Waals surface area contributed by atoms with E-state index in [1.54, 1.807) is 6.20 Å². The Kier molecular flexibility index (Phi) is 6.11. The Balaban J connectivity index is 1.82. The number of thiazole rings is 1. The first kappa shape index (κ1) is 15.1. The Morgan fingerprint density at radius 2 is 2.25 bits per heavy atom. The van der Waals surface area contributed by atoms with E-state index in [4.69, 9.17) is 21.1 Å². The molecule has 6 heteroatoms. The van der Waals surface area contributed by atoms with Gasteiger partial charge in [-0.1, -0.05) is 17.7 Å². The van der Waals surface area contributed by atoms with Crippen LogP contribution in [0.1, 0.15) is 11.8 Å². The molecule has 0 aliphatic rings. The number of ether oxygens (including phenoxy) is 2. The van der Waals surface area contributed by atoms with Crippen molar-refractivity contribution >= 4 is 28.6 Å². The molecule has 0 aliphatic heterocycles. The number of benzene rings is 1. The number of anilines is 1. The van der Waals surface area contributed by atoms with Crippen LogP contribution in [0, 0.1) is 0 Å². The average molecular weight is 313 g/mol. The van der Waals surface area contributed by atoms with Crippen molar-refractivity contribution in [2.24, 2.45) is 0 Å². The molecule has 0 unspecified atom stereocenters. The van der Waals surface area contributed by atoms with Crippen LogP contribution in [-0.4, -0.2) is 24.8 Å². The molecule has 108 valence electrons. The fraction of sp³-hybridized carbons (Fsp3) is 0.357. The quantitative estimate of drug-likeness (QED) is 0.752. The minimum absolute atomic E-state index is 0.557. The molecular weight excluding hydrogens is 296 g/mol. The van der Waals surface area contributed by atoms with Crippen molar-refractivity contribution in [2.45, 2.75) is 13.5 Å². The van der Waals surface area contributed by atoms with Crippen LogP contribution >= 0.6 is 22.9 Å². The van der Waals surface area contributed by atoms with Crippen LogP contribution in [0.15, 0.2) is 30.5 Å². The van der Waals surface area contributed by atoms with E-state index >= 15 is 0 Å². The zero-order valence-corrected chi connectivity index (χ0v) is 12.8. The summed E-state index contributed by atoms with van der Waals surface area (Å²) in [4.78, 5) is 5.10. The van der Waals surface area contributed by atoms with E-state index in [0.717, 1.165) is 16.3 Å². The van der Waals surface area contributed by atoms with E-state index in [2.05, 4.69) is 10.3 Å². The number of hydrogen-bond acceptors (Lipinski definition) is 5. The van der Waals surface area contributed by atoms with Crippen LogP contribution in [0.3, 0.4) is 0 Å². The smallest absolute Gasteiger partial charge is 0.183 e. The second-order valence-corrected chi connectivity index (χ2v) is 5.70. The number of nitrogens with zero attached hydrogens (tertiary/aromatic N) is 1. The van der Waals surface area contributed by atoms with Gasteiger partial charge in [0, 0.05) is 29.4 Å². The summed E-state index contributed by atoms with van der Waals surface area (Å²) >= 11 is 7.27. The van der Waals surface area contributed by atoms with E-state index < -0.39 is 0 Å². The number of aromatic nitrogens is 1. The monoisotopic (exact) mass is 312 g/mol. The minimum Gasteiger partial charge on any atom is -0.491 e. The molecule has 0 spiro atoms. The maximum Gasteiger partial charge on any atom is 0.183 e. The zero-order valence-electron chi connectivity index (χ0n) is 11.3. The normalized spacial score (nSPS) is 10.5. The summed E-state index contributed by atoms with van der Waals surface area (Å²) in [6, 6.07) is 7.85. The molecule has 0 fully saturated rings. The summed E-state index contributed by atoms with van der Waals surface area (Å²) < 4.78 is 11.4. The Morgan fingerprint density at radius 3 is 3.00 bits per heavy atom. The van der Waals surface area contributed by atoms with E-state index in [-0.39, 0.29) is 0 Å². The number of rotatable bonds is 8. The fourth-order valence-corrected chi connectivity index (χ4v) is 2.53. The summed E-state index contributed by atoms with van der Waals surface area (Å²) in [5.41, 5.74) is 1.00. The highest BCUT2D eigenvalue weighted by Crippen LogP contribution is 2.21. The Morgan fingerprint density at radius 1 is 1.35 bits per heavy atom. The van der Waals surface area contributed by atoms with Gasteiger partial charge in [-0.2, -0.15) is 0 Å². The molecule has 1 N–H and O–H groups in total. The number of nitrogens with one attached hydrogen (secondary N) is 1. The summed E-state index contributed by atoms with van der Waals surface area (Å²) in [5, 5.41) is 3.32. The highest BCUT2D eigenvalue weighted by Gasteiger charge is 2.01. The van der Waals surface area contributed by atoms with Crippen molar-refractivity contribution < 1.29 is 9.47 Å². The van der Waals surface area contributed by atoms with E-state index in [0.29, 0.717) is 30.8 Å². The van der Waals surface area contributed by atoms with Gasteiger partial charge in [0.05, 0.1) is 13.2 Å². The van der Waals surface area contributed by atoms with Gasteiger partial charge in [0.1, 0.15) is 12.4 Å². The maximum atomic E-state index is 5.80. The van der Waals surface area contributed by atoms with Crippen molar-refractivity contribution in [3.05, 3.63) is 39.8 Å².